The zero-order valence-electron chi connectivity index (χ0n) is 12.5. The monoisotopic (exact) mass is 336 g/mol. The Bertz CT molecular complexity index is 491. The molecule has 0 bridgehead atoms. The second-order valence-electron chi connectivity index (χ2n) is 4.79. The van der Waals surface area contributed by atoms with Crippen molar-refractivity contribution in [1.82, 2.24) is 4.72 Å². The van der Waals surface area contributed by atoms with Crippen LogP contribution in [0.1, 0.15) is 33.1 Å². The predicted molar refractivity (Wildman–Crippen MR) is 87.5 cm³/mol. The van der Waals surface area contributed by atoms with Gasteiger partial charge in [-0.3, -0.25) is 0 Å². The first kappa shape index (κ1) is 20.2. The van der Waals surface area contributed by atoms with Crippen molar-refractivity contribution < 1.29 is 13.2 Å². The summed E-state index contributed by atoms with van der Waals surface area (Å²) in [5.41, 5.74) is 5.41. The normalized spacial score (nSPS) is 12.5. The highest BCUT2D eigenvalue weighted by Crippen LogP contribution is 2.16. The Labute approximate surface area is 133 Å². The second-order valence-corrected chi connectivity index (χ2v) is 6.50. The van der Waals surface area contributed by atoms with Gasteiger partial charge in [0, 0.05) is 12.6 Å². The fraction of sp³-hybridized carbons (Fsp3) is 0.571. The first-order valence-electron chi connectivity index (χ1n) is 6.95. The smallest absolute Gasteiger partial charge is 0.240 e. The molecule has 0 spiro atoms. The highest BCUT2D eigenvalue weighted by molar-refractivity contribution is 7.89. The molecule has 1 aromatic rings. The van der Waals surface area contributed by atoms with E-state index in [2.05, 4.69) is 11.6 Å². The number of nitrogens with one attached hydrogen (secondary N) is 1. The molecule has 0 amide bonds. The molecule has 0 fully saturated rings. The molecule has 0 aliphatic heterocycles. The number of unbranched alkanes of at least 4 members (excludes halogenated alkanes) is 2. The van der Waals surface area contributed by atoms with Gasteiger partial charge in [-0.1, -0.05) is 19.8 Å². The minimum Gasteiger partial charge on any atom is -0.494 e. The van der Waals surface area contributed by atoms with Crippen LogP contribution in [0.5, 0.6) is 5.75 Å². The van der Waals surface area contributed by atoms with Gasteiger partial charge in [0.2, 0.25) is 10.0 Å². The van der Waals surface area contributed by atoms with Crippen LogP contribution < -0.4 is 15.2 Å². The maximum atomic E-state index is 12.0. The lowest BCUT2D eigenvalue weighted by molar-refractivity contribution is 0.306. The van der Waals surface area contributed by atoms with Crippen molar-refractivity contribution in [3.8, 4) is 5.75 Å². The highest BCUT2D eigenvalue weighted by atomic mass is 35.5. The first-order valence-corrected chi connectivity index (χ1v) is 8.43. The van der Waals surface area contributed by atoms with E-state index in [0.717, 1.165) is 19.3 Å². The fourth-order valence-electron chi connectivity index (χ4n) is 1.64. The summed E-state index contributed by atoms with van der Waals surface area (Å²) in [6.45, 7) is 4.78. The van der Waals surface area contributed by atoms with Gasteiger partial charge in [-0.25, -0.2) is 13.1 Å². The summed E-state index contributed by atoms with van der Waals surface area (Å²) in [4.78, 5) is 0.221. The van der Waals surface area contributed by atoms with Crippen LogP contribution in [0.15, 0.2) is 29.2 Å². The summed E-state index contributed by atoms with van der Waals surface area (Å²) in [6.07, 6.45) is 3.28. The molecule has 1 rings (SSSR count). The number of nitrogens with two attached hydrogens (primary N) is 1. The van der Waals surface area contributed by atoms with Gasteiger partial charge in [-0.2, -0.15) is 0 Å². The molecule has 0 heterocycles. The number of rotatable bonds is 9. The van der Waals surface area contributed by atoms with Crippen molar-refractivity contribution in [2.75, 3.05) is 13.2 Å². The average Bonchev–Trinajstić information content (AvgIpc) is 2.43. The maximum absolute atomic E-state index is 12.0. The minimum absolute atomic E-state index is 0. The van der Waals surface area contributed by atoms with Crippen LogP contribution in [0.2, 0.25) is 0 Å². The molecule has 1 aromatic carbocycles. The molecule has 0 saturated heterocycles. The SMILES string of the molecule is CCCCCOc1ccc(S(=O)(=O)N[C@@H](C)CN)cc1.Cl. The van der Waals surface area contributed by atoms with E-state index in [1.54, 1.807) is 31.2 Å². The Morgan fingerprint density at radius 2 is 1.86 bits per heavy atom. The van der Waals surface area contributed by atoms with Crippen LogP contribution in [0.3, 0.4) is 0 Å². The lowest BCUT2D eigenvalue weighted by Crippen LogP contribution is -2.37. The highest BCUT2D eigenvalue weighted by Gasteiger charge is 2.16. The lowest BCUT2D eigenvalue weighted by atomic mass is 10.3. The molecule has 5 nitrogen and oxygen atoms in total. The number of benzene rings is 1. The van der Waals surface area contributed by atoms with Crippen molar-refractivity contribution >= 4 is 22.4 Å². The van der Waals surface area contributed by atoms with Crippen LogP contribution in [-0.4, -0.2) is 27.6 Å². The predicted octanol–water partition coefficient (Wildman–Crippen LogP) is 2.30. The van der Waals surface area contributed by atoms with Crippen LogP contribution in [0.25, 0.3) is 0 Å². The van der Waals surface area contributed by atoms with E-state index in [4.69, 9.17) is 10.5 Å². The molecule has 122 valence electrons. The average molecular weight is 337 g/mol. The van der Waals surface area contributed by atoms with Gasteiger partial charge in [-0.15, -0.1) is 12.4 Å². The molecule has 0 aromatic heterocycles. The van der Waals surface area contributed by atoms with Crippen LogP contribution in [0, 0.1) is 0 Å². The maximum Gasteiger partial charge on any atom is 0.240 e. The number of sulfonamides is 1. The van der Waals surface area contributed by atoms with E-state index in [0.29, 0.717) is 12.4 Å². The quantitative estimate of drug-likeness (QED) is 0.678. The number of halogens is 1. The van der Waals surface area contributed by atoms with Crippen molar-refractivity contribution in [1.29, 1.82) is 0 Å². The van der Waals surface area contributed by atoms with Crippen molar-refractivity contribution in [3.05, 3.63) is 24.3 Å². The summed E-state index contributed by atoms with van der Waals surface area (Å²) in [7, 11) is -3.50. The molecule has 0 aliphatic carbocycles. The van der Waals surface area contributed by atoms with Crippen LogP contribution in [0.4, 0.5) is 0 Å². The van der Waals surface area contributed by atoms with Gasteiger partial charge in [0.25, 0.3) is 0 Å². The van der Waals surface area contributed by atoms with E-state index in [1.807, 2.05) is 0 Å². The van der Waals surface area contributed by atoms with Gasteiger partial charge in [0.05, 0.1) is 11.5 Å². The van der Waals surface area contributed by atoms with E-state index < -0.39 is 10.0 Å². The number of hydrogen-bond acceptors (Lipinski definition) is 4. The third-order valence-electron chi connectivity index (χ3n) is 2.86. The van der Waals surface area contributed by atoms with Crippen LogP contribution in [-0.2, 0) is 10.0 Å². The minimum atomic E-state index is -3.50. The fourth-order valence-corrected chi connectivity index (χ4v) is 2.89. The molecule has 0 unspecified atom stereocenters. The van der Waals surface area contributed by atoms with Crippen molar-refractivity contribution in [2.24, 2.45) is 5.73 Å². The molecule has 7 heteroatoms. The molecule has 1 atom stereocenters. The topological polar surface area (TPSA) is 81.4 Å². The van der Waals surface area contributed by atoms with Crippen molar-refractivity contribution in [2.45, 2.75) is 44.0 Å². The molecular weight excluding hydrogens is 312 g/mol. The van der Waals surface area contributed by atoms with E-state index >= 15 is 0 Å². The Balaban J connectivity index is 0.00000400. The molecule has 0 saturated carbocycles. The number of hydrogen-bond donors (Lipinski definition) is 2. The Morgan fingerprint density at radius 1 is 1.24 bits per heavy atom. The molecule has 21 heavy (non-hydrogen) atoms. The summed E-state index contributed by atoms with van der Waals surface area (Å²) >= 11 is 0. The molecule has 3 N–H and O–H groups in total. The zero-order valence-corrected chi connectivity index (χ0v) is 14.2. The zero-order chi connectivity index (χ0) is 15.0. The Hall–Kier alpha value is -0.820. The van der Waals surface area contributed by atoms with E-state index in [9.17, 15) is 8.42 Å². The van der Waals surface area contributed by atoms with Gasteiger partial charge < -0.3 is 10.5 Å². The third kappa shape index (κ3) is 7.13. The Kier molecular flexibility index (Phi) is 9.61. The summed E-state index contributed by atoms with van der Waals surface area (Å²) in [6, 6.07) is 6.15. The van der Waals surface area contributed by atoms with Crippen LogP contribution >= 0.6 is 12.4 Å². The third-order valence-corrected chi connectivity index (χ3v) is 4.47. The number of ether oxygens (including phenoxy) is 1. The summed E-state index contributed by atoms with van der Waals surface area (Å²) in [5.74, 6) is 0.687. The lowest BCUT2D eigenvalue weighted by Gasteiger charge is -2.12. The molecular formula is C14H25ClN2O3S. The van der Waals surface area contributed by atoms with E-state index in [-0.39, 0.29) is 29.9 Å². The second kappa shape index (κ2) is 10.00. The van der Waals surface area contributed by atoms with Gasteiger partial charge in [0.1, 0.15) is 5.75 Å². The van der Waals surface area contributed by atoms with E-state index in [1.165, 1.54) is 0 Å². The summed E-state index contributed by atoms with van der Waals surface area (Å²) in [5, 5.41) is 0. The summed E-state index contributed by atoms with van der Waals surface area (Å²) < 4.78 is 32.1. The first-order chi connectivity index (χ1) is 9.49. The molecule has 0 radical (unpaired) electrons. The van der Waals surface area contributed by atoms with Gasteiger partial charge in [-0.05, 0) is 37.6 Å². The largest absolute Gasteiger partial charge is 0.494 e. The van der Waals surface area contributed by atoms with Gasteiger partial charge >= 0.3 is 0 Å². The molecule has 0 aliphatic rings. The Morgan fingerprint density at radius 3 is 2.38 bits per heavy atom. The standard InChI is InChI=1S/C14H24N2O3S.ClH/c1-3-4-5-10-19-13-6-8-14(9-7-13)20(17,18)16-12(2)11-15;/h6-9,12,16H,3-5,10-11,15H2,1-2H3;1H/t12-;/m0./s1. The van der Waals surface area contributed by atoms with Gasteiger partial charge in [0.15, 0.2) is 0 Å². The van der Waals surface area contributed by atoms with Crippen molar-refractivity contribution in [3.63, 3.8) is 0 Å².